The zero-order chi connectivity index (χ0) is 15.2. The fraction of sp³-hybridized carbons (Fsp3) is 0.500. The number of morpholine rings is 1. The van der Waals surface area contributed by atoms with Gasteiger partial charge in [0.2, 0.25) is 5.91 Å². The first-order valence-electron chi connectivity index (χ1n) is 7.67. The highest BCUT2D eigenvalue weighted by Gasteiger charge is 2.44. The summed E-state index contributed by atoms with van der Waals surface area (Å²) >= 11 is 0. The molecule has 0 saturated carbocycles. The highest BCUT2D eigenvalue weighted by atomic mass is 16.5. The average molecular weight is 300 g/mol. The Morgan fingerprint density at radius 2 is 2.23 bits per heavy atom. The maximum atomic E-state index is 11.6. The highest BCUT2D eigenvalue weighted by molar-refractivity contribution is 5.78. The second-order valence-electron chi connectivity index (χ2n) is 6.38. The number of H-pyrrole nitrogens is 1. The summed E-state index contributed by atoms with van der Waals surface area (Å²) in [6.45, 7) is 3.50. The van der Waals surface area contributed by atoms with Crippen molar-refractivity contribution >= 4 is 16.9 Å². The number of imidazole rings is 1. The predicted octanol–water partition coefficient (Wildman–Crippen LogP) is 0.996. The zero-order valence-corrected chi connectivity index (χ0v) is 12.7. The monoisotopic (exact) mass is 300 g/mol. The molecule has 116 valence electrons. The molecule has 6 nitrogen and oxygen atoms in total. The molecule has 3 heterocycles. The van der Waals surface area contributed by atoms with Crippen LogP contribution in [0.2, 0.25) is 0 Å². The Kier molecular flexibility index (Phi) is 3.16. The molecule has 0 bridgehead atoms. The molecule has 1 aromatic heterocycles. The van der Waals surface area contributed by atoms with Crippen LogP contribution in [-0.4, -0.2) is 64.6 Å². The lowest BCUT2D eigenvalue weighted by Crippen LogP contribution is -2.54. The first-order valence-corrected chi connectivity index (χ1v) is 7.67. The van der Waals surface area contributed by atoms with Gasteiger partial charge in [-0.05, 0) is 18.6 Å². The molecule has 2 fully saturated rings. The number of amides is 1. The summed E-state index contributed by atoms with van der Waals surface area (Å²) in [5.74, 6) is 1.06. The van der Waals surface area contributed by atoms with Crippen molar-refractivity contribution in [2.24, 2.45) is 0 Å². The fourth-order valence-electron chi connectivity index (χ4n) is 3.49. The van der Waals surface area contributed by atoms with E-state index in [1.807, 2.05) is 31.3 Å². The van der Waals surface area contributed by atoms with Crippen LogP contribution in [0.4, 0.5) is 0 Å². The molecule has 2 aliphatic heterocycles. The first kappa shape index (κ1) is 13.7. The van der Waals surface area contributed by atoms with Crippen LogP contribution in [0.25, 0.3) is 11.0 Å². The maximum Gasteiger partial charge on any atom is 0.248 e. The first-order chi connectivity index (χ1) is 10.6. The summed E-state index contributed by atoms with van der Waals surface area (Å²) in [5.41, 5.74) is 1.88. The van der Waals surface area contributed by atoms with Crippen LogP contribution in [0.5, 0.6) is 0 Å². The molecule has 1 spiro atoms. The molecule has 1 N–H and O–H groups in total. The number of carbonyl (C=O) groups is 1. The van der Waals surface area contributed by atoms with Crippen molar-refractivity contribution in [2.75, 3.05) is 33.3 Å². The minimum Gasteiger partial charge on any atom is -0.362 e. The van der Waals surface area contributed by atoms with E-state index in [1.54, 1.807) is 4.90 Å². The number of para-hydroxylation sites is 2. The Bertz CT molecular complexity index is 680. The van der Waals surface area contributed by atoms with Crippen LogP contribution in [0, 0.1) is 0 Å². The summed E-state index contributed by atoms with van der Waals surface area (Å²) in [5, 5.41) is 0. The molecule has 1 unspecified atom stereocenters. The van der Waals surface area contributed by atoms with Crippen molar-refractivity contribution in [3.8, 4) is 0 Å². The summed E-state index contributed by atoms with van der Waals surface area (Å²) in [6.07, 6.45) is 0.963. The Labute approximate surface area is 129 Å². The molecule has 1 atom stereocenters. The van der Waals surface area contributed by atoms with Gasteiger partial charge in [0, 0.05) is 20.1 Å². The number of aromatic nitrogens is 2. The average Bonchev–Trinajstić information content (AvgIpc) is 3.08. The van der Waals surface area contributed by atoms with Crippen LogP contribution in [0.1, 0.15) is 12.2 Å². The third kappa shape index (κ3) is 2.38. The summed E-state index contributed by atoms with van der Waals surface area (Å²) in [7, 11) is 1.86. The predicted molar refractivity (Wildman–Crippen MR) is 82.3 cm³/mol. The second-order valence-corrected chi connectivity index (χ2v) is 6.38. The minimum absolute atomic E-state index is 0.0707. The number of rotatable bonds is 2. The Morgan fingerprint density at radius 1 is 1.36 bits per heavy atom. The molecule has 2 aliphatic rings. The molecule has 22 heavy (non-hydrogen) atoms. The van der Waals surface area contributed by atoms with Crippen molar-refractivity contribution in [2.45, 2.75) is 18.6 Å². The van der Waals surface area contributed by atoms with E-state index in [2.05, 4.69) is 14.9 Å². The zero-order valence-electron chi connectivity index (χ0n) is 12.7. The van der Waals surface area contributed by atoms with E-state index in [4.69, 9.17) is 4.74 Å². The van der Waals surface area contributed by atoms with E-state index in [9.17, 15) is 4.79 Å². The maximum absolute atomic E-state index is 11.6. The van der Waals surface area contributed by atoms with E-state index in [-0.39, 0.29) is 18.1 Å². The van der Waals surface area contributed by atoms with Gasteiger partial charge < -0.3 is 14.6 Å². The van der Waals surface area contributed by atoms with E-state index >= 15 is 0 Å². The van der Waals surface area contributed by atoms with Gasteiger partial charge in [-0.2, -0.15) is 0 Å². The van der Waals surface area contributed by atoms with E-state index in [0.29, 0.717) is 6.54 Å². The van der Waals surface area contributed by atoms with Gasteiger partial charge in [0.05, 0.1) is 24.1 Å². The Hall–Kier alpha value is -1.92. The van der Waals surface area contributed by atoms with Crippen molar-refractivity contribution < 1.29 is 9.53 Å². The number of hydrogen-bond donors (Lipinski definition) is 1. The summed E-state index contributed by atoms with van der Waals surface area (Å²) in [4.78, 5) is 23.7. The lowest BCUT2D eigenvalue weighted by Gasteiger charge is -2.38. The number of nitrogens with zero attached hydrogens (tertiary/aromatic N) is 3. The van der Waals surface area contributed by atoms with Gasteiger partial charge >= 0.3 is 0 Å². The number of likely N-dealkylation sites (tertiary alicyclic amines) is 1. The molecule has 0 aliphatic carbocycles. The van der Waals surface area contributed by atoms with Crippen LogP contribution >= 0.6 is 0 Å². The topological polar surface area (TPSA) is 61.5 Å². The summed E-state index contributed by atoms with van der Waals surface area (Å²) in [6, 6.07) is 8.08. The van der Waals surface area contributed by atoms with Gasteiger partial charge in [-0.25, -0.2) is 4.98 Å². The lowest BCUT2D eigenvalue weighted by molar-refractivity contribution is -0.159. The third-order valence-electron chi connectivity index (χ3n) is 4.66. The lowest BCUT2D eigenvalue weighted by atomic mass is 10.0. The van der Waals surface area contributed by atoms with Crippen LogP contribution in [-0.2, 0) is 16.1 Å². The third-order valence-corrected chi connectivity index (χ3v) is 4.66. The van der Waals surface area contributed by atoms with E-state index < -0.39 is 0 Å². The molecule has 1 amide bonds. The van der Waals surface area contributed by atoms with Crippen molar-refractivity contribution in [1.29, 1.82) is 0 Å². The standard InChI is InChI=1S/C16H20N4O2/c1-19-10-16(22-9-15(19)21)6-7-20(11-16)8-14-17-12-4-2-3-5-13(12)18-14/h2-5H,6-11H2,1H3,(H,17,18). The number of carbonyl (C=O) groups excluding carboxylic acids is 1. The van der Waals surface area contributed by atoms with Gasteiger partial charge in [0.25, 0.3) is 0 Å². The van der Waals surface area contributed by atoms with Gasteiger partial charge in [0.15, 0.2) is 0 Å². The number of likely N-dealkylation sites (N-methyl/N-ethyl adjacent to an activating group) is 1. The molecular weight excluding hydrogens is 280 g/mol. The highest BCUT2D eigenvalue weighted by Crippen LogP contribution is 2.30. The normalized spacial score (nSPS) is 26.4. The smallest absolute Gasteiger partial charge is 0.248 e. The number of aromatic amines is 1. The van der Waals surface area contributed by atoms with Crippen molar-refractivity contribution in [1.82, 2.24) is 19.8 Å². The number of benzene rings is 1. The van der Waals surface area contributed by atoms with Crippen LogP contribution < -0.4 is 0 Å². The van der Waals surface area contributed by atoms with E-state index in [0.717, 1.165) is 42.9 Å². The molecule has 1 aromatic carbocycles. The van der Waals surface area contributed by atoms with Crippen LogP contribution in [0.3, 0.4) is 0 Å². The van der Waals surface area contributed by atoms with Crippen molar-refractivity contribution in [3.05, 3.63) is 30.1 Å². The number of hydrogen-bond acceptors (Lipinski definition) is 4. The number of ether oxygens (including phenoxy) is 1. The number of fused-ring (bicyclic) bond motifs is 1. The number of nitrogens with one attached hydrogen (secondary N) is 1. The quantitative estimate of drug-likeness (QED) is 0.899. The Morgan fingerprint density at radius 3 is 3.05 bits per heavy atom. The van der Waals surface area contributed by atoms with Gasteiger partial charge in [0.1, 0.15) is 18.0 Å². The molecule has 4 rings (SSSR count). The minimum atomic E-state index is -0.200. The van der Waals surface area contributed by atoms with Gasteiger partial charge in [-0.3, -0.25) is 9.69 Å². The van der Waals surface area contributed by atoms with E-state index in [1.165, 1.54) is 0 Å². The van der Waals surface area contributed by atoms with Gasteiger partial charge in [-0.1, -0.05) is 12.1 Å². The van der Waals surface area contributed by atoms with Crippen molar-refractivity contribution in [3.63, 3.8) is 0 Å². The Balaban J connectivity index is 1.45. The second kappa shape index (κ2) is 5.07. The fourth-order valence-corrected chi connectivity index (χ4v) is 3.49. The molecule has 0 radical (unpaired) electrons. The summed E-state index contributed by atoms with van der Waals surface area (Å²) < 4.78 is 5.87. The molecular formula is C16H20N4O2. The van der Waals surface area contributed by atoms with Crippen LogP contribution in [0.15, 0.2) is 24.3 Å². The van der Waals surface area contributed by atoms with Gasteiger partial charge in [-0.15, -0.1) is 0 Å². The largest absolute Gasteiger partial charge is 0.362 e. The molecule has 2 saturated heterocycles. The molecule has 6 heteroatoms. The SMILES string of the molecule is CN1CC2(CCN(Cc3nc4ccccc4[nH]3)C2)OCC1=O. The molecule has 2 aromatic rings.